The minimum Gasteiger partial charge on any atom is -0.497 e. The summed E-state index contributed by atoms with van der Waals surface area (Å²) in [6.07, 6.45) is 0.237. The van der Waals surface area contributed by atoms with E-state index in [4.69, 9.17) is 9.47 Å². The van der Waals surface area contributed by atoms with Crippen LogP contribution in [0.25, 0.3) is 11.3 Å². The molecule has 218 valence electrons. The van der Waals surface area contributed by atoms with E-state index >= 15 is 0 Å². The monoisotopic (exact) mass is 568 g/mol. The third kappa shape index (κ3) is 6.22. The number of hydrogen-bond acceptors (Lipinski definition) is 8. The number of rotatable bonds is 8. The number of fused-ring (bicyclic) bond motifs is 1. The second-order valence-electron chi connectivity index (χ2n) is 10.6. The molecule has 1 aliphatic carbocycles. The second-order valence-corrected chi connectivity index (χ2v) is 10.6. The number of piperazine rings is 1. The zero-order valence-corrected chi connectivity index (χ0v) is 24.5. The Balaban J connectivity index is 1.45. The van der Waals surface area contributed by atoms with E-state index in [2.05, 4.69) is 22.2 Å². The maximum Gasteiger partial charge on any atom is 0.337 e. The zero-order valence-electron chi connectivity index (χ0n) is 24.5. The Morgan fingerprint density at radius 1 is 0.929 bits per heavy atom. The molecule has 1 aliphatic heterocycles. The molecular formula is C33H36N4O5. The molecule has 2 aliphatic rings. The van der Waals surface area contributed by atoms with Crippen molar-refractivity contribution in [3.05, 3.63) is 89.0 Å². The van der Waals surface area contributed by atoms with E-state index in [1.807, 2.05) is 48.5 Å². The quantitative estimate of drug-likeness (QED) is 0.324. The third-order valence-electron chi connectivity index (χ3n) is 7.89. The highest BCUT2D eigenvalue weighted by Crippen LogP contribution is 2.38. The van der Waals surface area contributed by atoms with Gasteiger partial charge in [0.1, 0.15) is 5.75 Å². The number of ether oxygens (including phenoxy) is 2. The number of hydrogen-bond donors (Lipinski definition) is 1. The fourth-order valence-electron chi connectivity index (χ4n) is 5.31. The number of benzene rings is 3. The molecule has 0 radical (unpaired) electrons. The van der Waals surface area contributed by atoms with Gasteiger partial charge in [-0.05, 0) is 66.7 Å². The molecule has 0 saturated carbocycles. The van der Waals surface area contributed by atoms with Crippen molar-refractivity contribution in [1.29, 1.82) is 0 Å². The van der Waals surface area contributed by atoms with Crippen LogP contribution >= 0.6 is 0 Å². The molecule has 1 amide bonds. The number of allylic oxidation sites excluding steroid dienone is 1. The summed E-state index contributed by atoms with van der Waals surface area (Å²) < 4.78 is 10.4. The van der Waals surface area contributed by atoms with Crippen molar-refractivity contribution in [1.82, 2.24) is 9.80 Å². The van der Waals surface area contributed by atoms with E-state index in [-0.39, 0.29) is 18.1 Å². The molecule has 0 aromatic heterocycles. The molecule has 5 rings (SSSR count). The van der Waals surface area contributed by atoms with Crippen molar-refractivity contribution in [2.45, 2.75) is 6.42 Å². The van der Waals surface area contributed by atoms with Gasteiger partial charge in [0.15, 0.2) is 5.78 Å². The van der Waals surface area contributed by atoms with Gasteiger partial charge < -0.3 is 24.6 Å². The van der Waals surface area contributed by atoms with Crippen LogP contribution in [0.5, 0.6) is 5.75 Å². The van der Waals surface area contributed by atoms with Crippen molar-refractivity contribution in [3.8, 4) is 5.75 Å². The standard InChI is InChI=1S/C33H36N4O5/c1-35-14-16-37(17-15-35)21-30(39)36(2)26-12-10-25(11-13-26)34-32(23-6-5-7-27(18-23)41-3)31-28-19-24(33(40)42-4)9-8-22(28)20-29(31)38/h5-13,18-19,34H,14-17,20-21H2,1-4H3/b32-31-. The average molecular weight is 569 g/mol. The molecule has 1 fully saturated rings. The molecule has 42 heavy (non-hydrogen) atoms. The number of amides is 1. The number of methoxy groups -OCH3 is 2. The van der Waals surface area contributed by atoms with Gasteiger partial charge in [0.25, 0.3) is 0 Å². The van der Waals surface area contributed by atoms with Crippen molar-refractivity contribution in [2.75, 3.05) is 71.3 Å². The first-order chi connectivity index (χ1) is 20.3. The van der Waals surface area contributed by atoms with Crippen LogP contribution in [0.2, 0.25) is 0 Å². The highest BCUT2D eigenvalue weighted by molar-refractivity contribution is 6.32. The van der Waals surface area contributed by atoms with Crippen LogP contribution in [0.3, 0.4) is 0 Å². The highest BCUT2D eigenvalue weighted by Gasteiger charge is 2.30. The number of anilines is 2. The Bertz CT molecular complexity index is 1520. The predicted molar refractivity (Wildman–Crippen MR) is 164 cm³/mol. The largest absolute Gasteiger partial charge is 0.497 e. The Morgan fingerprint density at radius 2 is 1.67 bits per heavy atom. The van der Waals surface area contributed by atoms with E-state index in [1.54, 1.807) is 37.3 Å². The molecule has 9 nitrogen and oxygen atoms in total. The van der Waals surface area contributed by atoms with Gasteiger partial charge in [0, 0.05) is 62.2 Å². The van der Waals surface area contributed by atoms with Crippen molar-refractivity contribution >= 4 is 40.3 Å². The minimum absolute atomic E-state index is 0.0361. The van der Waals surface area contributed by atoms with Crippen LogP contribution in [-0.2, 0) is 20.7 Å². The summed E-state index contributed by atoms with van der Waals surface area (Å²) in [6.45, 7) is 4.05. The topological polar surface area (TPSA) is 91.4 Å². The molecule has 1 N–H and O–H groups in total. The van der Waals surface area contributed by atoms with Crippen LogP contribution in [0.1, 0.15) is 27.0 Å². The number of likely N-dealkylation sites (N-methyl/N-ethyl adjacent to an activating group) is 2. The number of Topliss-reactive ketones (excluding diaryl/α,β-unsaturated/α-hetero) is 1. The summed E-state index contributed by atoms with van der Waals surface area (Å²) in [5.74, 6) is 0.170. The molecule has 1 heterocycles. The van der Waals surface area contributed by atoms with Gasteiger partial charge in [-0.25, -0.2) is 4.79 Å². The summed E-state index contributed by atoms with van der Waals surface area (Å²) >= 11 is 0. The van der Waals surface area contributed by atoms with Gasteiger partial charge >= 0.3 is 5.97 Å². The first-order valence-electron chi connectivity index (χ1n) is 14.0. The average Bonchev–Trinajstić information content (AvgIpc) is 3.35. The fourth-order valence-corrected chi connectivity index (χ4v) is 5.31. The fraction of sp³-hybridized carbons (Fsp3) is 0.303. The SMILES string of the molecule is COC(=O)c1ccc2c(c1)/C(=C(/Nc1ccc(N(C)C(=O)CN3CCN(C)CC3)cc1)c1cccc(OC)c1)C(=O)C2. The van der Waals surface area contributed by atoms with E-state index in [1.165, 1.54) is 7.11 Å². The normalized spacial score (nSPS) is 16.5. The first kappa shape index (κ1) is 29.0. The van der Waals surface area contributed by atoms with E-state index in [0.29, 0.717) is 34.7 Å². The zero-order chi connectivity index (χ0) is 29.8. The van der Waals surface area contributed by atoms with Gasteiger partial charge in [-0.1, -0.05) is 18.2 Å². The third-order valence-corrected chi connectivity index (χ3v) is 7.89. The Kier molecular flexibility index (Phi) is 8.70. The number of ketones is 1. The number of nitrogens with one attached hydrogen (secondary N) is 1. The molecule has 9 heteroatoms. The molecule has 3 aromatic rings. The Hall–Kier alpha value is -4.47. The smallest absolute Gasteiger partial charge is 0.337 e. The van der Waals surface area contributed by atoms with E-state index in [9.17, 15) is 14.4 Å². The minimum atomic E-state index is -0.464. The van der Waals surface area contributed by atoms with Crippen molar-refractivity contribution < 1.29 is 23.9 Å². The van der Waals surface area contributed by atoms with E-state index < -0.39 is 5.97 Å². The lowest BCUT2D eigenvalue weighted by molar-refractivity contribution is -0.119. The van der Waals surface area contributed by atoms with Crippen LogP contribution < -0.4 is 15.0 Å². The molecule has 0 atom stereocenters. The highest BCUT2D eigenvalue weighted by atomic mass is 16.5. The molecule has 0 spiro atoms. The predicted octanol–water partition coefficient (Wildman–Crippen LogP) is 3.80. The van der Waals surface area contributed by atoms with Gasteiger partial charge in [0.05, 0.1) is 32.0 Å². The lowest BCUT2D eigenvalue weighted by atomic mass is 9.98. The van der Waals surface area contributed by atoms with Crippen LogP contribution in [-0.4, -0.2) is 88.5 Å². The second kappa shape index (κ2) is 12.6. The summed E-state index contributed by atoms with van der Waals surface area (Å²) in [6, 6.07) is 20.2. The summed E-state index contributed by atoms with van der Waals surface area (Å²) in [4.78, 5) is 44.8. The van der Waals surface area contributed by atoms with Gasteiger partial charge in [-0.3, -0.25) is 14.5 Å². The van der Waals surface area contributed by atoms with Crippen LogP contribution in [0.4, 0.5) is 11.4 Å². The van der Waals surface area contributed by atoms with Crippen LogP contribution in [0.15, 0.2) is 66.7 Å². The lowest BCUT2D eigenvalue weighted by Crippen LogP contribution is -2.48. The van der Waals surface area contributed by atoms with Crippen molar-refractivity contribution in [3.63, 3.8) is 0 Å². The molecule has 0 bridgehead atoms. The molecule has 1 saturated heterocycles. The molecular weight excluding hydrogens is 532 g/mol. The summed E-state index contributed by atoms with van der Waals surface area (Å²) in [5, 5.41) is 3.46. The van der Waals surface area contributed by atoms with Crippen LogP contribution in [0, 0.1) is 0 Å². The number of carbonyl (C=O) groups excluding carboxylic acids is 3. The Morgan fingerprint density at radius 3 is 2.36 bits per heavy atom. The maximum absolute atomic E-state index is 13.4. The number of nitrogens with zero attached hydrogens (tertiary/aromatic N) is 3. The number of carbonyl (C=O) groups is 3. The Labute approximate surface area is 246 Å². The van der Waals surface area contributed by atoms with Gasteiger partial charge in [-0.2, -0.15) is 0 Å². The molecule has 3 aromatic carbocycles. The van der Waals surface area contributed by atoms with Gasteiger partial charge in [-0.15, -0.1) is 0 Å². The summed E-state index contributed by atoms with van der Waals surface area (Å²) in [5.41, 5.74) is 5.30. The summed E-state index contributed by atoms with van der Waals surface area (Å²) in [7, 11) is 6.81. The van der Waals surface area contributed by atoms with Crippen molar-refractivity contribution in [2.24, 2.45) is 0 Å². The van der Waals surface area contributed by atoms with Gasteiger partial charge in [0.2, 0.25) is 5.91 Å². The molecule has 0 unspecified atom stereocenters. The lowest BCUT2D eigenvalue weighted by Gasteiger charge is -2.32. The number of esters is 1. The van der Waals surface area contributed by atoms with E-state index in [0.717, 1.165) is 48.7 Å². The first-order valence-corrected chi connectivity index (χ1v) is 14.0. The maximum atomic E-state index is 13.4.